The normalized spacial score (nSPS) is 19.2. The second kappa shape index (κ2) is 7.91. The first-order valence-electron chi connectivity index (χ1n) is 9.66. The maximum absolute atomic E-state index is 11.8. The molecule has 0 aliphatic carbocycles. The zero-order valence-electron chi connectivity index (χ0n) is 17.4. The minimum Gasteiger partial charge on any atom is -0.444 e. The Hall–Kier alpha value is -2.41. The molecule has 1 unspecified atom stereocenters. The van der Waals surface area contributed by atoms with E-state index in [0.717, 1.165) is 48.8 Å². The SMILES string of the molecule is COCC1(C)CCn2nc(-c3ccc(CNC(=O)OC(C)(C)C)cc3)nc2C1. The molecule has 1 aliphatic heterocycles. The Morgan fingerprint density at radius 3 is 2.64 bits per heavy atom. The molecule has 7 nitrogen and oxygen atoms in total. The van der Waals surface area contributed by atoms with Crippen molar-refractivity contribution in [3.8, 4) is 11.4 Å². The number of carbonyl (C=O) groups excluding carboxylic acids is 1. The van der Waals surface area contributed by atoms with Gasteiger partial charge in [-0.1, -0.05) is 31.2 Å². The van der Waals surface area contributed by atoms with Gasteiger partial charge in [0.2, 0.25) is 0 Å². The third-order valence-corrected chi connectivity index (χ3v) is 4.80. The Morgan fingerprint density at radius 1 is 1.29 bits per heavy atom. The van der Waals surface area contributed by atoms with E-state index in [1.54, 1.807) is 7.11 Å². The molecule has 0 radical (unpaired) electrons. The number of hydrogen-bond donors (Lipinski definition) is 1. The minimum absolute atomic E-state index is 0.117. The molecule has 1 amide bonds. The lowest BCUT2D eigenvalue weighted by atomic mass is 9.82. The van der Waals surface area contributed by atoms with Crippen molar-refractivity contribution >= 4 is 6.09 Å². The van der Waals surface area contributed by atoms with E-state index in [4.69, 9.17) is 14.5 Å². The first kappa shape index (κ1) is 20.3. The molecule has 1 aromatic carbocycles. The lowest BCUT2D eigenvalue weighted by molar-refractivity contribution is 0.0523. The number of aryl methyl sites for hydroxylation is 1. The predicted octanol–water partition coefficient (Wildman–Crippen LogP) is 3.57. The number of fused-ring (bicyclic) bond motifs is 1. The number of rotatable bonds is 5. The van der Waals surface area contributed by atoms with Gasteiger partial charge in [-0.25, -0.2) is 14.5 Å². The van der Waals surface area contributed by atoms with Crippen molar-refractivity contribution in [1.29, 1.82) is 0 Å². The van der Waals surface area contributed by atoms with Crippen LogP contribution >= 0.6 is 0 Å². The van der Waals surface area contributed by atoms with Gasteiger partial charge in [0.05, 0.1) is 6.61 Å². The maximum atomic E-state index is 11.8. The molecule has 1 aliphatic rings. The minimum atomic E-state index is -0.501. The standard InChI is InChI=1S/C21H30N4O3/c1-20(2,3)28-19(26)22-13-15-6-8-16(9-7-15)18-23-17-12-21(4,14-27-5)10-11-25(17)24-18/h6-9H,10-14H2,1-5H3,(H,22,26). The first-order chi connectivity index (χ1) is 13.2. The van der Waals surface area contributed by atoms with Crippen LogP contribution in [0.3, 0.4) is 0 Å². The van der Waals surface area contributed by atoms with Crippen LogP contribution < -0.4 is 5.32 Å². The van der Waals surface area contributed by atoms with Crippen LogP contribution in [0, 0.1) is 5.41 Å². The van der Waals surface area contributed by atoms with Gasteiger partial charge in [0, 0.05) is 32.2 Å². The average molecular weight is 386 g/mol. The number of methoxy groups -OCH3 is 1. The van der Waals surface area contributed by atoms with Gasteiger partial charge in [-0.15, -0.1) is 0 Å². The summed E-state index contributed by atoms with van der Waals surface area (Å²) in [4.78, 5) is 16.5. The van der Waals surface area contributed by atoms with E-state index in [1.165, 1.54) is 0 Å². The highest BCUT2D eigenvalue weighted by molar-refractivity contribution is 5.67. The number of ether oxygens (including phenoxy) is 2. The molecular weight excluding hydrogens is 356 g/mol. The molecule has 152 valence electrons. The Bertz CT molecular complexity index is 823. The summed E-state index contributed by atoms with van der Waals surface area (Å²) in [5, 5.41) is 7.43. The molecule has 0 bridgehead atoms. The Morgan fingerprint density at radius 2 is 2.00 bits per heavy atom. The van der Waals surface area contributed by atoms with Crippen molar-refractivity contribution in [3.63, 3.8) is 0 Å². The first-order valence-corrected chi connectivity index (χ1v) is 9.66. The maximum Gasteiger partial charge on any atom is 0.407 e. The van der Waals surface area contributed by atoms with E-state index < -0.39 is 11.7 Å². The highest BCUT2D eigenvalue weighted by Crippen LogP contribution is 2.32. The van der Waals surface area contributed by atoms with Gasteiger partial charge in [0.15, 0.2) is 5.82 Å². The summed E-state index contributed by atoms with van der Waals surface area (Å²) in [7, 11) is 1.75. The van der Waals surface area contributed by atoms with Crippen LogP contribution in [0.5, 0.6) is 0 Å². The number of benzene rings is 1. The van der Waals surface area contributed by atoms with E-state index >= 15 is 0 Å². The summed E-state index contributed by atoms with van der Waals surface area (Å²) in [5.74, 6) is 1.75. The van der Waals surface area contributed by atoms with Crippen molar-refractivity contribution in [1.82, 2.24) is 20.1 Å². The van der Waals surface area contributed by atoms with Gasteiger partial charge in [0.25, 0.3) is 0 Å². The molecule has 2 aromatic rings. The fourth-order valence-corrected chi connectivity index (χ4v) is 3.38. The number of nitrogens with one attached hydrogen (secondary N) is 1. The van der Waals surface area contributed by atoms with Crippen molar-refractivity contribution in [3.05, 3.63) is 35.7 Å². The number of alkyl carbamates (subject to hydrolysis) is 1. The topological polar surface area (TPSA) is 78.3 Å². The zero-order chi connectivity index (χ0) is 20.4. The quantitative estimate of drug-likeness (QED) is 0.850. The van der Waals surface area contributed by atoms with Crippen LogP contribution in [0.25, 0.3) is 11.4 Å². The van der Waals surface area contributed by atoms with E-state index in [0.29, 0.717) is 6.54 Å². The zero-order valence-corrected chi connectivity index (χ0v) is 17.4. The van der Waals surface area contributed by atoms with Gasteiger partial charge in [0.1, 0.15) is 11.4 Å². The molecule has 1 N–H and O–H groups in total. The lowest BCUT2D eigenvalue weighted by Gasteiger charge is -2.32. The summed E-state index contributed by atoms with van der Waals surface area (Å²) >= 11 is 0. The third-order valence-electron chi connectivity index (χ3n) is 4.80. The summed E-state index contributed by atoms with van der Waals surface area (Å²) in [5.41, 5.74) is 1.58. The van der Waals surface area contributed by atoms with Crippen molar-refractivity contribution in [2.75, 3.05) is 13.7 Å². The number of aromatic nitrogens is 3. The van der Waals surface area contributed by atoms with E-state index in [2.05, 4.69) is 17.3 Å². The van der Waals surface area contributed by atoms with Gasteiger partial charge in [-0.2, -0.15) is 5.10 Å². The fraction of sp³-hybridized carbons (Fsp3) is 0.571. The molecule has 0 spiro atoms. The Kier molecular flexibility index (Phi) is 5.74. The molecule has 0 fully saturated rings. The molecule has 1 aromatic heterocycles. The molecule has 0 saturated heterocycles. The number of carbonyl (C=O) groups is 1. The summed E-state index contributed by atoms with van der Waals surface area (Å²) < 4.78 is 12.6. The van der Waals surface area contributed by atoms with E-state index in [1.807, 2.05) is 49.7 Å². The highest BCUT2D eigenvalue weighted by Gasteiger charge is 2.32. The van der Waals surface area contributed by atoms with Crippen LogP contribution in [0.4, 0.5) is 4.79 Å². The van der Waals surface area contributed by atoms with Gasteiger partial charge < -0.3 is 14.8 Å². The van der Waals surface area contributed by atoms with Gasteiger partial charge in [-0.3, -0.25) is 0 Å². The number of amides is 1. The van der Waals surface area contributed by atoms with Crippen LogP contribution in [0.15, 0.2) is 24.3 Å². The largest absolute Gasteiger partial charge is 0.444 e. The molecule has 2 heterocycles. The van der Waals surface area contributed by atoms with Gasteiger partial charge >= 0.3 is 6.09 Å². The lowest BCUT2D eigenvalue weighted by Crippen LogP contribution is -2.33. The molecule has 28 heavy (non-hydrogen) atoms. The number of nitrogens with zero attached hydrogens (tertiary/aromatic N) is 3. The van der Waals surface area contributed by atoms with E-state index in [-0.39, 0.29) is 5.41 Å². The van der Waals surface area contributed by atoms with Crippen LogP contribution in [0.2, 0.25) is 0 Å². The average Bonchev–Trinajstić information content (AvgIpc) is 3.01. The molecular formula is C21H30N4O3. The monoisotopic (exact) mass is 386 g/mol. The predicted molar refractivity (Wildman–Crippen MR) is 107 cm³/mol. The van der Waals surface area contributed by atoms with Crippen LogP contribution in [-0.2, 0) is 29.0 Å². The second-order valence-electron chi connectivity index (χ2n) is 8.80. The molecule has 1 atom stereocenters. The third kappa shape index (κ3) is 5.10. The van der Waals surface area contributed by atoms with Crippen LogP contribution in [0.1, 0.15) is 45.5 Å². The summed E-state index contributed by atoms with van der Waals surface area (Å²) in [6.45, 7) is 9.78. The van der Waals surface area contributed by atoms with Crippen molar-refractivity contribution in [2.45, 2.75) is 59.2 Å². The second-order valence-corrected chi connectivity index (χ2v) is 8.80. The van der Waals surface area contributed by atoms with Gasteiger partial charge in [-0.05, 0) is 38.2 Å². The fourth-order valence-electron chi connectivity index (χ4n) is 3.38. The van der Waals surface area contributed by atoms with Crippen molar-refractivity contribution in [2.24, 2.45) is 5.41 Å². The van der Waals surface area contributed by atoms with E-state index in [9.17, 15) is 4.79 Å². The highest BCUT2D eigenvalue weighted by atomic mass is 16.6. The summed E-state index contributed by atoms with van der Waals surface area (Å²) in [6.07, 6.45) is 1.48. The summed E-state index contributed by atoms with van der Waals surface area (Å²) in [6, 6.07) is 7.92. The molecule has 7 heteroatoms. The Balaban J connectivity index is 1.63. The molecule has 3 rings (SSSR count). The Labute approximate surface area is 166 Å². The van der Waals surface area contributed by atoms with Crippen molar-refractivity contribution < 1.29 is 14.3 Å². The smallest absolute Gasteiger partial charge is 0.407 e. The van der Waals surface area contributed by atoms with Crippen LogP contribution in [-0.4, -0.2) is 40.2 Å². The molecule has 0 saturated carbocycles. The number of hydrogen-bond acceptors (Lipinski definition) is 5.